The molecule has 4 nitrogen and oxygen atoms in total. The Morgan fingerprint density at radius 1 is 1.41 bits per heavy atom. The molecule has 1 aliphatic rings. The summed E-state index contributed by atoms with van der Waals surface area (Å²) in [5.74, 6) is 0.0465. The normalized spacial score (nSPS) is 18.5. The van der Waals surface area contributed by atoms with Gasteiger partial charge in [0.05, 0.1) is 5.56 Å². The molecule has 1 amide bonds. The smallest absolute Gasteiger partial charge is 0.249 e. The molecule has 1 aliphatic heterocycles. The Morgan fingerprint density at radius 3 is 2.86 bits per heavy atom. The van der Waals surface area contributed by atoms with E-state index in [0.29, 0.717) is 11.3 Å². The van der Waals surface area contributed by atoms with Gasteiger partial charge in [-0.25, -0.2) is 4.39 Å². The topological polar surface area (TPSA) is 55.6 Å². The molecule has 0 saturated carbocycles. The molecule has 1 aromatic carbocycles. The number of primary amides is 1. The van der Waals surface area contributed by atoms with Crippen molar-refractivity contribution in [1.82, 2.24) is 4.90 Å². The first-order valence-electron chi connectivity index (χ1n) is 7.12. The number of benzene rings is 1. The zero-order valence-electron chi connectivity index (χ0n) is 12.0. The number of hydrogen-bond acceptors (Lipinski definition) is 4. The van der Waals surface area contributed by atoms with Crippen LogP contribution in [0.3, 0.4) is 0 Å². The molecular formula is C16H17FN2O2S. The van der Waals surface area contributed by atoms with E-state index >= 15 is 0 Å². The number of halogens is 1. The van der Waals surface area contributed by atoms with Gasteiger partial charge in [-0.15, -0.1) is 11.3 Å². The molecule has 1 atom stereocenters. The van der Waals surface area contributed by atoms with Crippen molar-refractivity contribution in [2.24, 2.45) is 5.73 Å². The van der Waals surface area contributed by atoms with Crippen LogP contribution in [-0.4, -0.2) is 30.0 Å². The van der Waals surface area contributed by atoms with E-state index in [1.807, 2.05) is 6.07 Å². The maximum atomic E-state index is 12.9. The second-order valence-corrected chi connectivity index (χ2v) is 6.38. The number of likely N-dealkylation sites (tertiary alicyclic amines) is 1. The predicted molar refractivity (Wildman–Crippen MR) is 83.5 cm³/mol. The van der Waals surface area contributed by atoms with Gasteiger partial charge in [0.2, 0.25) is 5.91 Å². The first-order valence-corrected chi connectivity index (χ1v) is 8.00. The second-order valence-electron chi connectivity index (χ2n) is 5.38. The number of rotatable bonds is 5. The molecule has 3 rings (SSSR count). The lowest BCUT2D eigenvalue weighted by Gasteiger charge is -2.16. The maximum absolute atomic E-state index is 12.9. The van der Waals surface area contributed by atoms with E-state index in [4.69, 9.17) is 10.5 Å². The number of nitrogens with zero attached hydrogens (tertiary/aromatic N) is 1. The van der Waals surface area contributed by atoms with Crippen molar-refractivity contribution < 1.29 is 13.9 Å². The zero-order valence-corrected chi connectivity index (χ0v) is 12.8. The maximum Gasteiger partial charge on any atom is 0.249 e. The van der Waals surface area contributed by atoms with E-state index in [1.54, 1.807) is 28.8 Å². The minimum Gasteiger partial charge on any atom is -0.489 e. The number of carbonyl (C=O) groups excluding carboxylic acids is 1. The van der Waals surface area contributed by atoms with Gasteiger partial charge in [-0.1, -0.05) is 0 Å². The van der Waals surface area contributed by atoms with Crippen LogP contribution in [0.5, 0.6) is 5.75 Å². The highest BCUT2D eigenvalue weighted by molar-refractivity contribution is 7.10. The number of carbonyl (C=O) groups is 1. The Labute approximate surface area is 132 Å². The summed E-state index contributed by atoms with van der Waals surface area (Å²) in [6.45, 7) is 2.55. The van der Waals surface area contributed by atoms with E-state index < -0.39 is 0 Å². The molecule has 0 spiro atoms. The lowest BCUT2D eigenvalue weighted by Crippen LogP contribution is -2.24. The Kier molecular flexibility index (Phi) is 4.40. The summed E-state index contributed by atoms with van der Waals surface area (Å²) < 4.78 is 18.7. The predicted octanol–water partition coefficient (Wildman–Crippen LogP) is 2.64. The van der Waals surface area contributed by atoms with Crippen molar-refractivity contribution in [1.29, 1.82) is 0 Å². The van der Waals surface area contributed by atoms with Gasteiger partial charge in [0.25, 0.3) is 0 Å². The van der Waals surface area contributed by atoms with Crippen LogP contribution in [0.1, 0.15) is 21.7 Å². The summed E-state index contributed by atoms with van der Waals surface area (Å²) in [5.41, 5.74) is 5.83. The Balaban J connectivity index is 1.53. The van der Waals surface area contributed by atoms with Gasteiger partial charge in [0, 0.05) is 29.9 Å². The summed E-state index contributed by atoms with van der Waals surface area (Å²) in [6.07, 6.45) is 1.05. The molecule has 0 radical (unpaired) electrons. The second kappa shape index (κ2) is 6.46. The van der Waals surface area contributed by atoms with Gasteiger partial charge in [-0.3, -0.25) is 9.69 Å². The molecule has 6 heteroatoms. The third kappa shape index (κ3) is 3.64. The molecule has 0 bridgehead atoms. The summed E-state index contributed by atoms with van der Waals surface area (Å²) in [7, 11) is 0. The van der Waals surface area contributed by atoms with Gasteiger partial charge in [0.15, 0.2) is 0 Å². The van der Waals surface area contributed by atoms with Crippen LogP contribution in [0, 0.1) is 5.82 Å². The third-order valence-electron chi connectivity index (χ3n) is 3.66. The molecule has 1 aromatic heterocycles. The summed E-state index contributed by atoms with van der Waals surface area (Å²) in [6, 6.07) is 7.95. The van der Waals surface area contributed by atoms with E-state index in [9.17, 15) is 9.18 Å². The van der Waals surface area contributed by atoms with Crippen molar-refractivity contribution >= 4 is 17.2 Å². The van der Waals surface area contributed by atoms with Crippen LogP contribution < -0.4 is 10.5 Å². The van der Waals surface area contributed by atoms with Crippen molar-refractivity contribution in [3.05, 3.63) is 52.0 Å². The van der Waals surface area contributed by atoms with Crippen molar-refractivity contribution in [2.75, 3.05) is 13.1 Å². The van der Waals surface area contributed by atoms with Gasteiger partial charge in [-0.2, -0.15) is 0 Å². The summed E-state index contributed by atoms with van der Waals surface area (Å²) >= 11 is 1.55. The molecule has 0 unspecified atom stereocenters. The number of amides is 1. The van der Waals surface area contributed by atoms with E-state index in [0.717, 1.165) is 30.9 Å². The minimum absolute atomic E-state index is 0.112. The molecule has 22 heavy (non-hydrogen) atoms. The van der Waals surface area contributed by atoms with E-state index in [1.165, 1.54) is 12.1 Å². The fourth-order valence-corrected chi connectivity index (χ4v) is 3.47. The largest absolute Gasteiger partial charge is 0.489 e. The molecule has 1 saturated heterocycles. The highest BCUT2D eigenvalue weighted by atomic mass is 32.1. The molecule has 2 heterocycles. The van der Waals surface area contributed by atoms with E-state index in [-0.39, 0.29) is 17.8 Å². The Morgan fingerprint density at radius 2 is 2.18 bits per heavy atom. The SMILES string of the molecule is NC(=O)c1csc(CN2CC[C@H](Oc3ccc(F)cc3)C2)c1. The summed E-state index contributed by atoms with van der Waals surface area (Å²) in [4.78, 5) is 14.5. The van der Waals surface area contributed by atoms with Crippen molar-refractivity contribution in [3.8, 4) is 5.75 Å². The van der Waals surface area contributed by atoms with Crippen LogP contribution in [0.15, 0.2) is 35.7 Å². The third-order valence-corrected chi connectivity index (χ3v) is 4.58. The molecule has 2 N–H and O–H groups in total. The first kappa shape index (κ1) is 15.0. The summed E-state index contributed by atoms with van der Waals surface area (Å²) in [5, 5.41) is 1.79. The lowest BCUT2D eigenvalue weighted by atomic mass is 10.3. The number of ether oxygens (including phenoxy) is 1. The van der Waals surface area contributed by atoms with Crippen LogP contribution in [0.2, 0.25) is 0 Å². The van der Waals surface area contributed by atoms with Crippen LogP contribution in [-0.2, 0) is 6.54 Å². The van der Waals surface area contributed by atoms with Gasteiger partial charge < -0.3 is 10.5 Å². The average molecular weight is 320 g/mol. The monoisotopic (exact) mass is 320 g/mol. The highest BCUT2D eigenvalue weighted by Gasteiger charge is 2.24. The fourth-order valence-electron chi connectivity index (χ4n) is 2.56. The van der Waals surface area contributed by atoms with Gasteiger partial charge >= 0.3 is 0 Å². The Hall–Kier alpha value is -1.92. The first-order chi connectivity index (χ1) is 10.6. The number of nitrogens with two attached hydrogens (primary N) is 1. The minimum atomic E-state index is -0.388. The van der Waals surface area contributed by atoms with Gasteiger partial charge in [-0.05, 0) is 36.8 Å². The fraction of sp³-hybridized carbons (Fsp3) is 0.312. The Bertz CT molecular complexity index is 656. The molecular weight excluding hydrogens is 303 g/mol. The molecule has 0 aliphatic carbocycles. The standard InChI is InChI=1S/C16H17FN2O2S/c17-12-1-3-13(4-2-12)21-14-5-6-19(8-14)9-15-7-11(10-22-15)16(18)20/h1-4,7,10,14H,5-6,8-9H2,(H2,18,20)/t14-/m0/s1. The quantitative estimate of drug-likeness (QED) is 0.921. The molecule has 1 fully saturated rings. The van der Waals surface area contributed by atoms with Gasteiger partial charge in [0.1, 0.15) is 17.7 Å². The number of hydrogen-bond donors (Lipinski definition) is 1. The van der Waals surface area contributed by atoms with Crippen molar-refractivity contribution in [2.45, 2.75) is 19.1 Å². The highest BCUT2D eigenvalue weighted by Crippen LogP contribution is 2.22. The molecule has 2 aromatic rings. The number of thiophene rings is 1. The average Bonchev–Trinajstić information content (AvgIpc) is 3.12. The van der Waals surface area contributed by atoms with Crippen molar-refractivity contribution in [3.63, 3.8) is 0 Å². The van der Waals surface area contributed by atoms with Crippen LogP contribution in [0.25, 0.3) is 0 Å². The lowest BCUT2D eigenvalue weighted by molar-refractivity contribution is 0.100. The molecule has 116 valence electrons. The van der Waals surface area contributed by atoms with E-state index in [2.05, 4.69) is 4.90 Å². The zero-order chi connectivity index (χ0) is 15.5. The van der Waals surface area contributed by atoms with Crippen LogP contribution >= 0.6 is 11.3 Å². The van der Waals surface area contributed by atoms with Crippen LogP contribution in [0.4, 0.5) is 4.39 Å².